The van der Waals surface area contributed by atoms with Crippen LogP contribution >= 0.6 is 0 Å². The molecule has 1 aromatic rings. The zero-order chi connectivity index (χ0) is 20.5. The summed E-state index contributed by atoms with van der Waals surface area (Å²) in [5.41, 5.74) is -0.423. The van der Waals surface area contributed by atoms with Gasteiger partial charge in [0, 0.05) is 11.5 Å². The highest BCUT2D eigenvalue weighted by molar-refractivity contribution is 6.63. The van der Waals surface area contributed by atoms with E-state index >= 15 is 0 Å². The number of hydrogen-bond acceptors (Lipinski definition) is 6. The maximum absolute atomic E-state index is 12.6. The van der Waals surface area contributed by atoms with E-state index in [2.05, 4.69) is 10.3 Å². The summed E-state index contributed by atoms with van der Waals surface area (Å²) in [5, 5.41) is 3.02. The van der Waals surface area contributed by atoms with Crippen LogP contribution in [0.4, 0.5) is 0 Å². The van der Waals surface area contributed by atoms with Crippen molar-refractivity contribution >= 4 is 24.5 Å². The summed E-state index contributed by atoms with van der Waals surface area (Å²) in [4.78, 5) is 29.3. The van der Waals surface area contributed by atoms with E-state index in [9.17, 15) is 9.59 Å². The van der Waals surface area contributed by atoms with Crippen LogP contribution in [0.25, 0.3) is 0 Å². The van der Waals surface area contributed by atoms with Crippen molar-refractivity contribution in [3.05, 3.63) is 23.5 Å². The topological polar surface area (TPSA) is 86.8 Å². The Balaban J connectivity index is 1.86. The molecule has 1 aliphatic carbocycles. The molecule has 1 saturated carbocycles. The lowest BCUT2D eigenvalue weighted by atomic mass is 9.77. The summed E-state index contributed by atoms with van der Waals surface area (Å²) in [6.45, 7) is 7.74. The molecule has 2 heterocycles. The van der Waals surface area contributed by atoms with Crippen molar-refractivity contribution in [1.82, 2.24) is 10.3 Å². The number of carbonyl (C=O) groups excluding carboxylic acids is 2. The number of amides is 1. The fourth-order valence-electron chi connectivity index (χ4n) is 3.52. The van der Waals surface area contributed by atoms with Crippen molar-refractivity contribution in [3.63, 3.8) is 0 Å². The van der Waals surface area contributed by atoms with E-state index in [-0.39, 0.29) is 23.3 Å². The number of nitrogens with one attached hydrogen (secondary N) is 1. The first-order chi connectivity index (χ1) is 13.1. The lowest BCUT2D eigenvalue weighted by molar-refractivity contribution is 0.00578. The molecule has 1 N–H and O–H groups in total. The molecule has 7 nitrogen and oxygen atoms in total. The maximum atomic E-state index is 12.6. The number of methoxy groups -OCH3 is 1. The molecular formula is C20H29BN2O5. The van der Waals surface area contributed by atoms with Crippen molar-refractivity contribution in [2.45, 2.75) is 77.0 Å². The van der Waals surface area contributed by atoms with E-state index in [1.54, 1.807) is 12.1 Å². The zero-order valence-electron chi connectivity index (χ0n) is 17.3. The first kappa shape index (κ1) is 20.8. The fraction of sp³-hybridized carbons (Fsp3) is 0.650. The first-order valence-corrected chi connectivity index (χ1v) is 9.90. The summed E-state index contributed by atoms with van der Waals surface area (Å²) in [7, 11) is 0.523. The van der Waals surface area contributed by atoms with Crippen LogP contribution in [0.3, 0.4) is 0 Å². The van der Waals surface area contributed by atoms with Gasteiger partial charge in [-0.15, -0.1) is 0 Å². The van der Waals surface area contributed by atoms with Gasteiger partial charge in [0.15, 0.2) is 0 Å². The summed E-state index contributed by atoms with van der Waals surface area (Å²) >= 11 is 0. The molecule has 2 fully saturated rings. The number of hydrogen-bond donors (Lipinski definition) is 1. The Bertz CT molecular complexity index is 743. The van der Waals surface area contributed by atoms with Crippen LogP contribution < -0.4 is 10.8 Å². The third-order valence-electron chi connectivity index (χ3n) is 5.99. The number of aromatic nitrogens is 1. The van der Waals surface area contributed by atoms with E-state index < -0.39 is 24.3 Å². The third-order valence-corrected chi connectivity index (χ3v) is 5.99. The fourth-order valence-corrected chi connectivity index (χ4v) is 3.52. The van der Waals surface area contributed by atoms with Crippen LogP contribution in [0.5, 0.6) is 0 Å². The highest BCUT2D eigenvalue weighted by atomic mass is 16.7. The second-order valence-corrected chi connectivity index (χ2v) is 8.52. The Morgan fingerprint density at radius 2 is 1.71 bits per heavy atom. The Morgan fingerprint density at radius 3 is 2.29 bits per heavy atom. The van der Waals surface area contributed by atoms with Crippen LogP contribution in [-0.4, -0.2) is 48.3 Å². The van der Waals surface area contributed by atoms with Gasteiger partial charge in [0.05, 0.1) is 18.3 Å². The highest BCUT2D eigenvalue weighted by Crippen LogP contribution is 2.36. The summed E-state index contributed by atoms with van der Waals surface area (Å²) in [6.07, 6.45) is 5.39. The number of pyridine rings is 1. The summed E-state index contributed by atoms with van der Waals surface area (Å²) < 4.78 is 17.0. The van der Waals surface area contributed by atoms with Gasteiger partial charge < -0.3 is 19.4 Å². The Hall–Kier alpha value is -1.93. The second kappa shape index (κ2) is 7.83. The average molecular weight is 388 g/mol. The minimum Gasteiger partial charge on any atom is -0.464 e. The van der Waals surface area contributed by atoms with E-state index in [4.69, 9.17) is 14.0 Å². The molecule has 0 radical (unpaired) electrons. The van der Waals surface area contributed by atoms with Gasteiger partial charge in [0.25, 0.3) is 5.91 Å². The molecular weight excluding hydrogens is 359 g/mol. The average Bonchev–Trinajstić information content (AvgIpc) is 2.88. The maximum Gasteiger partial charge on any atom is 0.497 e. The minimum absolute atomic E-state index is 0.0392. The predicted molar refractivity (Wildman–Crippen MR) is 106 cm³/mol. The molecule has 3 rings (SSSR count). The predicted octanol–water partition coefficient (Wildman–Crippen LogP) is 2.23. The quantitative estimate of drug-likeness (QED) is 0.629. The summed E-state index contributed by atoms with van der Waals surface area (Å²) in [6, 6.07) is 3.43. The molecule has 1 aromatic heterocycles. The SMILES string of the molecule is COC(=O)c1nc(C(=O)NC2CCCCC2)ccc1B1OC(C)(C)C(C)(C)O1. The molecule has 0 spiro atoms. The van der Waals surface area contributed by atoms with E-state index in [1.807, 2.05) is 27.7 Å². The van der Waals surface area contributed by atoms with Crippen molar-refractivity contribution in [2.24, 2.45) is 0 Å². The van der Waals surface area contributed by atoms with Gasteiger partial charge in [0.1, 0.15) is 11.4 Å². The normalized spacial score (nSPS) is 21.4. The zero-order valence-corrected chi connectivity index (χ0v) is 17.3. The molecule has 0 unspecified atom stereocenters. The van der Waals surface area contributed by atoms with Gasteiger partial charge in [-0.1, -0.05) is 25.3 Å². The Morgan fingerprint density at radius 1 is 1.11 bits per heavy atom. The van der Waals surface area contributed by atoms with Crippen LogP contribution in [0.1, 0.15) is 80.8 Å². The third kappa shape index (κ3) is 4.08. The van der Waals surface area contributed by atoms with E-state index in [1.165, 1.54) is 13.5 Å². The number of esters is 1. The van der Waals surface area contributed by atoms with Crippen molar-refractivity contribution in [2.75, 3.05) is 7.11 Å². The lowest BCUT2D eigenvalue weighted by Gasteiger charge is -2.32. The van der Waals surface area contributed by atoms with Crippen LogP contribution in [0.15, 0.2) is 12.1 Å². The van der Waals surface area contributed by atoms with Crippen LogP contribution in [0, 0.1) is 0 Å². The van der Waals surface area contributed by atoms with Crippen LogP contribution in [0.2, 0.25) is 0 Å². The minimum atomic E-state index is -0.762. The van der Waals surface area contributed by atoms with Crippen LogP contribution in [-0.2, 0) is 14.0 Å². The molecule has 28 heavy (non-hydrogen) atoms. The molecule has 2 aliphatic rings. The van der Waals surface area contributed by atoms with E-state index in [0.717, 1.165) is 25.7 Å². The smallest absolute Gasteiger partial charge is 0.464 e. The molecule has 0 atom stereocenters. The Kier molecular flexibility index (Phi) is 5.82. The number of ether oxygens (including phenoxy) is 1. The van der Waals surface area contributed by atoms with Gasteiger partial charge in [-0.2, -0.15) is 0 Å². The molecule has 0 aromatic carbocycles. The Labute approximate surface area is 166 Å². The monoisotopic (exact) mass is 388 g/mol. The number of nitrogens with zero attached hydrogens (tertiary/aromatic N) is 1. The summed E-state index contributed by atoms with van der Waals surface area (Å²) in [5.74, 6) is -0.908. The van der Waals surface area contributed by atoms with Gasteiger partial charge in [-0.25, -0.2) is 9.78 Å². The van der Waals surface area contributed by atoms with Crippen molar-refractivity contribution in [3.8, 4) is 0 Å². The van der Waals surface area contributed by atoms with Gasteiger partial charge in [0.2, 0.25) is 0 Å². The molecule has 0 bridgehead atoms. The molecule has 1 saturated heterocycles. The highest BCUT2D eigenvalue weighted by Gasteiger charge is 2.52. The van der Waals surface area contributed by atoms with Gasteiger partial charge in [-0.3, -0.25) is 4.79 Å². The molecule has 1 aliphatic heterocycles. The van der Waals surface area contributed by atoms with Crippen molar-refractivity contribution < 1.29 is 23.6 Å². The first-order valence-electron chi connectivity index (χ1n) is 9.90. The van der Waals surface area contributed by atoms with Gasteiger partial charge >= 0.3 is 13.1 Å². The number of rotatable bonds is 4. The number of carbonyl (C=O) groups is 2. The molecule has 1 amide bonds. The molecule has 8 heteroatoms. The largest absolute Gasteiger partial charge is 0.497 e. The standard InChI is InChI=1S/C20H29BN2O5/c1-19(2)20(3,4)28-21(27-19)14-11-12-15(23-16(14)18(25)26-5)17(24)22-13-9-7-6-8-10-13/h11-13H,6-10H2,1-5H3,(H,22,24). The lowest BCUT2D eigenvalue weighted by Crippen LogP contribution is -2.41. The molecule has 152 valence electrons. The van der Waals surface area contributed by atoms with E-state index in [0.29, 0.717) is 5.46 Å². The second-order valence-electron chi connectivity index (χ2n) is 8.52. The van der Waals surface area contributed by atoms with Gasteiger partial charge in [-0.05, 0) is 46.6 Å². The van der Waals surface area contributed by atoms with Crippen molar-refractivity contribution in [1.29, 1.82) is 0 Å².